The summed E-state index contributed by atoms with van der Waals surface area (Å²) in [7, 11) is 1.93. The predicted octanol–water partition coefficient (Wildman–Crippen LogP) is 4.64. The summed E-state index contributed by atoms with van der Waals surface area (Å²) in [5.41, 5.74) is 6.80. The van der Waals surface area contributed by atoms with E-state index in [9.17, 15) is 4.79 Å². The van der Waals surface area contributed by atoms with Crippen molar-refractivity contribution in [1.29, 1.82) is 0 Å². The van der Waals surface area contributed by atoms with E-state index in [1.165, 1.54) is 29.4 Å². The molecule has 1 saturated carbocycles. The highest BCUT2D eigenvalue weighted by Gasteiger charge is 2.37. The Labute approximate surface area is 160 Å². The SMILES string of the molecule is Cc1cc(C)c2[nH]c(C)c(CC(=O)N(C)[C@H](c3ccccn3)C3CC3)c2c1. The van der Waals surface area contributed by atoms with Crippen molar-refractivity contribution in [2.75, 3.05) is 7.05 Å². The Bertz CT molecular complexity index is 986. The van der Waals surface area contributed by atoms with E-state index in [0.29, 0.717) is 12.3 Å². The summed E-state index contributed by atoms with van der Waals surface area (Å²) in [6, 6.07) is 10.4. The summed E-state index contributed by atoms with van der Waals surface area (Å²) in [6.45, 7) is 6.29. The molecule has 2 aromatic heterocycles. The van der Waals surface area contributed by atoms with Gasteiger partial charge in [-0.05, 0) is 68.9 Å². The summed E-state index contributed by atoms with van der Waals surface area (Å²) < 4.78 is 0. The zero-order valence-electron chi connectivity index (χ0n) is 16.5. The van der Waals surface area contributed by atoms with Gasteiger partial charge in [0.2, 0.25) is 5.91 Å². The monoisotopic (exact) mass is 361 g/mol. The molecule has 27 heavy (non-hydrogen) atoms. The third-order valence-electron chi connectivity index (χ3n) is 5.77. The first-order valence-electron chi connectivity index (χ1n) is 9.70. The van der Waals surface area contributed by atoms with Gasteiger partial charge in [-0.1, -0.05) is 17.7 Å². The summed E-state index contributed by atoms with van der Waals surface area (Å²) in [4.78, 5) is 23.1. The first kappa shape index (κ1) is 17.8. The number of benzene rings is 1. The smallest absolute Gasteiger partial charge is 0.227 e. The number of pyridine rings is 1. The van der Waals surface area contributed by atoms with Gasteiger partial charge in [0.15, 0.2) is 0 Å². The Morgan fingerprint density at radius 3 is 2.70 bits per heavy atom. The number of H-pyrrole nitrogens is 1. The molecular weight excluding hydrogens is 334 g/mol. The van der Waals surface area contributed by atoms with Crippen LogP contribution in [0, 0.1) is 26.7 Å². The van der Waals surface area contributed by atoms with Crippen LogP contribution in [0.25, 0.3) is 10.9 Å². The van der Waals surface area contributed by atoms with Crippen LogP contribution in [-0.4, -0.2) is 27.8 Å². The van der Waals surface area contributed by atoms with Crippen LogP contribution in [-0.2, 0) is 11.2 Å². The molecule has 1 atom stereocenters. The lowest BCUT2D eigenvalue weighted by atomic mass is 10.0. The highest BCUT2D eigenvalue weighted by atomic mass is 16.2. The van der Waals surface area contributed by atoms with Crippen LogP contribution in [0.3, 0.4) is 0 Å². The lowest BCUT2D eigenvalue weighted by molar-refractivity contribution is -0.131. The Balaban J connectivity index is 1.64. The average molecular weight is 361 g/mol. The van der Waals surface area contributed by atoms with E-state index in [4.69, 9.17) is 0 Å². The van der Waals surface area contributed by atoms with Gasteiger partial charge in [-0.2, -0.15) is 0 Å². The lowest BCUT2D eigenvalue weighted by Gasteiger charge is -2.28. The zero-order chi connectivity index (χ0) is 19.1. The number of aryl methyl sites for hydroxylation is 3. The minimum atomic E-state index is 0.0766. The Morgan fingerprint density at radius 2 is 2.04 bits per heavy atom. The lowest BCUT2D eigenvalue weighted by Crippen LogP contribution is -2.34. The third kappa shape index (κ3) is 3.36. The standard InChI is InChI=1S/C23H27N3O/c1-14-11-15(2)22-19(12-14)18(16(3)25-22)13-21(27)26(4)23(17-8-9-17)20-7-5-6-10-24-20/h5-7,10-12,17,23,25H,8-9,13H2,1-4H3/t23-/m0/s1. The maximum absolute atomic E-state index is 13.2. The molecule has 1 N–H and O–H groups in total. The van der Waals surface area contributed by atoms with Gasteiger partial charge in [0.25, 0.3) is 0 Å². The van der Waals surface area contributed by atoms with Crippen molar-refractivity contribution in [2.24, 2.45) is 5.92 Å². The molecule has 1 fully saturated rings. The molecule has 1 aliphatic carbocycles. The second kappa shape index (κ2) is 6.84. The van der Waals surface area contributed by atoms with Gasteiger partial charge in [0, 0.05) is 29.8 Å². The molecule has 0 radical (unpaired) electrons. The maximum Gasteiger partial charge on any atom is 0.227 e. The van der Waals surface area contributed by atoms with E-state index in [-0.39, 0.29) is 11.9 Å². The highest BCUT2D eigenvalue weighted by Crippen LogP contribution is 2.43. The number of nitrogens with one attached hydrogen (secondary N) is 1. The molecule has 140 valence electrons. The van der Waals surface area contributed by atoms with Gasteiger partial charge in [-0.15, -0.1) is 0 Å². The minimum absolute atomic E-state index is 0.0766. The normalized spacial score (nSPS) is 15.1. The maximum atomic E-state index is 13.2. The summed E-state index contributed by atoms with van der Waals surface area (Å²) in [5, 5.41) is 1.17. The van der Waals surface area contributed by atoms with Crippen LogP contribution in [0.15, 0.2) is 36.5 Å². The second-order valence-electron chi connectivity index (χ2n) is 7.95. The topological polar surface area (TPSA) is 49.0 Å². The van der Waals surface area contributed by atoms with Crippen molar-refractivity contribution >= 4 is 16.8 Å². The molecule has 2 heterocycles. The molecule has 1 aliphatic rings. The number of hydrogen-bond donors (Lipinski definition) is 1. The van der Waals surface area contributed by atoms with E-state index in [1.54, 1.807) is 0 Å². The molecule has 0 spiro atoms. The molecule has 3 aromatic rings. The second-order valence-corrected chi connectivity index (χ2v) is 7.95. The molecule has 0 bridgehead atoms. The van der Waals surface area contributed by atoms with Gasteiger partial charge in [0.1, 0.15) is 0 Å². The van der Waals surface area contributed by atoms with E-state index in [2.05, 4.69) is 42.9 Å². The first-order chi connectivity index (χ1) is 13.0. The van der Waals surface area contributed by atoms with Gasteiger partial charge in [-0.25, -0.2) is 0 Å². The van der Waals surface area contributed by atoms with Crippen molar-refractivity contribution in [3.05, 3.63) is 64.6 Å². The van der Waals surface area contributed by atoms with E-state index in [0.717, 1.165) is 22.5 Å². The van der Waals surface area contributed by atoms with Crippen LogP contribution in [0.2, 0.25) is 0 Å². The molecule has 1 aromatic carbocycles. The fourth-order valence-electron chi connectivity index (χ4n) is 4.21. The summed E-state index contributed by atoms with van der Waals surface area (Å²) in [5.74, 6) is 0.683. The first-order valence-corrected chi connectivity index (χ1v) is 9.70. The van der Waals surface area contributed by atoms with Crippen molar-refractivity contribution < 1.29 is 4.79 Å². The Morgan fingerprint density at radius 1 is 1.26 bits per heavy atom. The van der Waals surface area contributed by atoms with Gasteiger partial charge in [0.05, 0.1) is 18.2 Å². The number of nitrogens with zero attached hydrogens (tertiary/aromatic N) is 2. The number of carbonyl (C=O) groups is 1. The molecule has 0 saturated heterocycles. The molecule has 4 rings (SSSR count). The van der Waals surface area contributed by atoms with E-state index in [1.807, 2.05) is 36.3 Å². The van der Waals surface area contributed by atoms with Crippen LogP contribution in [0.5, 0.6) is 0 Å². The fraction of sp³-hybridized carbons (Fsp3) is 0.391. The Hall–Kier alpha value is -2.62. The minimum Gasteiger partial charge on any atom is -0.358 e. The number of amides is 1. The van der Waals surface area contributed by atoms with Crippen molar-refractivity contribution in [3.8, 4) is 0 Å². The van der Waals surface area contributed by atoms with Crippen LogP contribution in [0.4, 0.5) is 0 Å². The van der Waals surface area contributed by atoms with Crippen molar-refractivity contribution in [2.45, 2.75) is 46.1 Å². The number of hydrogen-bond acceptors (Lipinski definition) is 2. The molecule has 0 aliphatic heterocycles. The van der Waals surface area contributed by atoms with Crippen molar-refractivity contribution in [3.63, 3.8) is 0 Å². The number of fused-ring (bicyclic) bond motifs is 1. The van der Waals surface area contributed by atoms with E-state index >= 15 is 0 Å². The largest absolute Gasteiger partial charge is 0.358 e. The third-order valence-corrected chi connectivity index (χ3v) is 5.77. The summed E-state index contributed by atoms with van der Waals surface area (Å²) in [6.07, 6.45) is 4.58. The van der Waals surface area contributed by atoms with Gasteiger partial charge >= 0.3 is 0 Å². The number of likely N-dealkylation sites (N-methyl/N-ethyl adjacent to an activating group) is 1. The van der Waals surface area contributed by atoms with Crippen LogP contribution < -0.4 is 0 Å². The highest BCUT2D eigenvalue weighted by molar-refractivity contribution is 5.92. The fourth-order valence-corrected chi connectivity index (χ4v) is 4.21. The molecular formula is C23H27N3O. The molecule has 1 amide bonds. The van der Waals surface area contributed by atoms with Crippen molar-refractivity contribution in [1.82, 2.24) is 14.9 Å². The molecule has 0 unspecified atom stereocenters. The quantitative estimate of drug-likeness (QED) is 0.720. The number of carbonyl (C=O) groups excluding carboxylic acids is 1. The zero-order valence-corrected chi connectivity index (χ0v) is 16.5. The average Bonchev–Trinajstić information content (AvgIpc) is 3.42. The number of aromatic amines is 1. The van der Waals surface area contributed by atoms with Crippen LogP contribution in [0.1, 0.15) is 47.0 Å². The summed E-state index contributed by atoms with van der Waals surface area (Å²) >= 11 is 0. The molecule has 4 heteroatoms. The number of aromatic nitrogens is 2. The molecule has 4 nitrogen and oxygen atoms in total. The van der Waals surface area contributed by atoms with E-state index < -0.39 is 0 Å². The Kier molecular flexibility index (Phi) is 4.50. The van der Waals surface area contributed by atoms with Gasteiger partial charge < -0.3 is 9.88 Å². The number of rotatable bonds is 5. The predicted molar refractivity (Wildman–Crippen MR) is 109 cm³/mol. The van der Waals surface area contributed by atoms with Gasteiger partial charge in [-0.3, -0.25) is 9.78 Å². The van der Waals surface area contributed by atoms with Crippen LogP contribution >= 0.6 is 0 Å².